The van der Waals surface area contributed by atoms with Gasteiger partial charge in [0.1, 0.15) is 5.56 Å². The number of carbonyl (C=O) groups excluding carboxylic acids is 2. The molecule has 6 heteroatoms. The summed E-state index contributed by atoms with van der Waals surface area (Å²) in [6.45, 7) is 3.44. The van der Waals surface area contributed by atoms with Crippen LogP contribution in [0, 0.1) is 0 Å². The predicted molar refractivity (Wildman–Crippen MR) is 83.3 cm³/mol. The third kappa shape index (κ3) is 3.85. The van der Waals surface area contributed by atoms with Crippen LogP contribution >= 0.6 is 0 Å². The summed E-state index contributed by atoms with van der Waals surface area (Å²) in [5, 5.41) is 0. The lowest BCUT2D eigenvalue weighted by molar-refractivity contribution is 0.0522. The molecule has 0 unspecified atom stereocenters. The molecular formula is C17H17NO5. The highest BCUT2D eigenvalue weighted by molar-refractivity contribution is 5.95. The van der Waals surface area contributed by atoms with Crippen molar-refractivity contribution < 1.29 is 23.8 Å². The molecule has 2 rings (SSSR count). The minimum absolute atomic E-state index is 0.0834. The molecule has 0 saturated carbocycles. The van der Waals surface area contributed by atoms with E-state index >= 15 is 0 Å². The number of nitrogens with zero attached hydrogens (tertiary/aromatic N) is 1. The summed E-state index contributed by atoms with van der Waals surface area (Å²) in [7, 11) is 1.47. The Kier molecular flexibility index (Phi) is 5.30. The van der Waals surface area contributed by atoms with Crippen LogP contribution in [0.1, 0.15) is 34.6 Å². The first-order valence-corrected chi connectivity index (χ1v) is 7.05. The number of benzene rings is 1. The quantitative estimate of drug-likeness (QED) is 0.601. The summed E-state index contributed by atoms with van der Waals surface area (Å²) in [6.07, 6.45) is 1.51. The molecular weight excluding hydrogens is 298 g/mol. The highest BCUT2D eigenvalue weighted by Crippen LogP contribution is 2.33. The number of aromatic nitrogens is 1. The molecule has 23 heavy (non-hydrogen) atoms. The lowest BCUT2D eigenvalue weighted by atomic mass is 10.1. The lowest BCUT2D eigenvalue weighted by Gasteiger charge is -2.12. The van der Waals surface area contributed by atoms with Gasteiger partial charge in [0.15, 0.2) is 17.3 Å². The van der Waals surface area contributed by atoms with Gasteiger partial charge in [-0.2, -0.15) is 0 Å². The maximum atomic E-state index is 11.9. The van der Waals surface area contributed by atoms with E-state index in [-0.39, 0.29) is 23.8 Å². The van der Waals surface area contributed by atoms with E-state index in [1.54, 1.807) is 37.3 Å². The Labute approximate surface area is 134 Å². The number of hydrogen-bond donors (Lipinski definition) is 0. The van der Waals surface area contributed by atoms with Gasteiger partial charge in [0.2, 0.25) is 5.88 Å². The summed E-state index contributed by atoms with van der Waals surface area (Å²) in [4.78, 5) is 27.4. The topological polar surface area (TPSA) is 74.7 Å². The number of Topliss-reactive ketones (excluding diaryl/α,β-unsaturated/α-hetero) is 1. The van der Waals surface area contributed by atoms with Gasteiger partial charge in [0.25, 0.3) is 0 Å². The predicted octanol–water partition coefficient (Wildman–Crippen LogP) is 3.26. The van der Waals surface area contributed by atoms with E-state index < -0.39 is 5.97 Å². The van der Waals surface area contributed by atoms with Crippen LogP contribution in [0.15, 0.2) is 36.5 Å². The smallest absolute Gasteiger partial charge is 0.343 e. The van der Waals surface area contributed by atoms with Gasteiger partial charge in [0, 0.05) is 11.8 Å². The number of esters is 1. The Morgan fingerprint density at radius 2 is 1.96 bits per heavy atom. The number of pyridine rings is 1. The molecule has 0 saturated heterocycles. The second kappa shape index (κ2) is 7.40. The zero-order valence-electron chi connectivity index (χ0n) is 13.2. The number of rotatable bonds is 6. The van der Waals surface area contributed by atoms with Crippen LogP contribution in [0.4, 0.5) is 0 Å². The fourth-order valence-corrected chi connectivity index (χ4v) is 1.91. The van der Waals surface area contributed by atoms with Crippen molar-refractivity contribution in [3.05, 3.63) is 47.7 Å². The highest BCUT2D eigenvalue weighted by Gasteiger charge is 2.17. The fourth-order valence-electron chi connectivity index (χ4n) is 1.91. The molecule has 0 aliphatic rings. The van der Waals surface area contributed by atoms with E-state index in [4.69, 9.17) is 14.2 Å². The van der Waals surface area contributed by atoms with E-state index in [1.807, 2.05) is 0 Å². The number of carbonyl (C=O) groups is 2. The van der Waals surface area contributed by atoms with Crippen molar-refractivity contribution in [3.8, 4) is 17.4 Å². The zero-order chi connectivity index (χ0) is 16.8. The highest BCUT2D eigenvalue weighted by atomic mass is 16.5. The number of hydrogen-bond acceptors (Lipinski definition) is 6. The Morgan fingerprint density at radius 3 is 2.61 bits per heavy atom. The van der Waals surface area contributed by atoms with E-state index in [0.29, 0.717) is 17.1 Å². The summed E-state index contributed by atoms with van der Waals surface area (Å²) in [6, 6.07) is 7.98. The van der Waals surface area contributed by atoms with Crippen LogP contribution in [-0.2, 0) is 4.74 Å². The summed E-state index contributed by atoms with van der Waals surface area (Å²) in [5.41, 5.74) is 0.716. The van der Waals surface area contributed by atoms with Crippen LogP contribution < -0.4 is 9.47 Å². The van der Waals surface area contributed by atoms with Crippen molar-refractivity contribution in [3.63, 3.8) is 0 Å². The van der Waals surface area contributed by atoms with E-state index in [0.717, 1.165) is 0 Å². The monoisotopic (exact) mass is 315 g/mol. The van der Waals surface area contributed by atoms with Gasteiger partial charge >= 0.3 is 5.97 Å². The Hall–Kier alpha value is -2.89. The molecule has 1 heterocycles. The second-order valence-corrected chi connectivity index (χ2v) is 4.60. The first kappa shape index (κ1) is 16.5. The van der Waals surface area contributed by atoms with Crippen LogP contribution in [0.5, 0.6) is 17.4 Å². The molecule has 0 spiro atoms. The third-order valence-corrected chi connectivity index (χ3v) is 3.04. The molecule has 1 aromatic heterocycles. The van der Waals surface area contributed by atoms with Crippen molar-refractivity contribution in [2.24, 2.45) is 0 Å². The molecule has 6 nitrogen and oxygen atoms in total. The van der Waals surface area contributed by atoms with Gasteiger partial charge in [-0.15, -0.1) is 0 Å². The lowest BCUT2D eigenvalue weighted by Crippen LogP contribution is -2.07. The molecule has 0 fully saturated rings. The molecule has 0 amide bonds. The van der Waals surface area contributed by atoms with Crippen molar-refractivity contribution in [1.29, 1.82) is 0 Å². The van der Waals surface area contributed by atoms with Crippen molar-refractivity contribution >= 4 is 11.8 Å². The van der Waals surface area contributed by atoms with E-state index in [1.165, 1.54) is 20.2 Å². The molecule has 0 aliphatic heterocycles. The largest absolute Gasteiger partial charge is 0.493 e. The van der Waals surface area contributed by atoms with Gasteiger partial charge in [-0.25, -0.2) is 9.78 Å². The number of ether oxygens (including phenoxy) is 3. The standard InChI is InChI=1S/C17H17NO5/c1-4-22-17(20)13-6-5-9-18-16(13)23-14-8-7-12(11(2)19)10-15(14)21-3/h5-10H,4H2,1-3H3. The molecule has 0 aliphatic carbocycles. The SMILES string of the molecule is CCOC(=O)c1cccnc1Oc1ccc(C(C)=O)cc1OC. The van der Waals surface area contributed by atoms with Crippen molar-refractivity contribution in [2.75, 3.05) is 13.7 Å². The Balaban J connectivity index is 2.36. The fraction of sp³-hybridized carbons (Fsp3) is 0.235. The average Bonchev–Trinajstić information content (AvgIpc) is 2.55. The second-order valence-electron chi connectivity index (χ2n) is 4.60. The van der Waals surface area contributed by atoms with Crippen LogP contribution in [0.25, 0.3) is 0 Å². The molecule has 2 aromatic rings. The molecule has 1 aromatic carbocycles. The summed E-state index contributed by atoms with van der Waals surface area (Å²) in [5.74, 6) is 0.231. The van der Waals surface area contributed by atoms with Crippen molar-refractivity contribution in [1.82, 2.24) is 4.98 Å². The third-order valence-electron chi connectivity index (χ3n) is 3.04. The molecule has 120 valence electrons. The summed E-state index contributed by atoms with van der Waals surface area (Å²) >= 11 is 0. The van der Waals surface area contributed by atoms with Gasteiger partial charge in [-0.1, -0.05) is 0 Å². The molecule has 0 radical (unpaired) electrons. The van der Waals surface area contributed by atoms with Gasteiger partial charge < -0.3 is 14.2 Å². The minimum atomic E-state index is -0.519. The first-order chi connectivity index (χ1) is 11.1. The molecule has 0 N–H and O–H groups in total. The Morgan fingerprint density at radius 1 is 1.17 bits per heavy atom. The van der Waals surface area contributed by atoms with Crippen LogP contribution in [0.3, 0.4) is 0 Å². The van der Waals surface area contributed by atoms with Gasteiger partial charge in [0.05, 0.1) is 13.7 Å². The maximum Gasteiger partial charge on any atom is 0.343 e. The van der Waals surface area contributed by atoms with Crippen LogP contribution in [0.2, 0.25) is 0 Å². The van der Waals surface area contributed by atoms with Crippen LogP contribution in [-0.4, -0.2) is 30.5 Å². The Bertz CT molecular complexity index is 727. The van der Waals surface area contributed by atoms with Crippen molar-refractivity contribution in [2.45, 2.75) is 13.8 Å². The number of methoxy groups -OCH3 is 1. The first-order valence-electron chi connectivity index (χ1n) is 7.05. The van der Waals surface area contributed by atoms with Gasteiger partial charge in [-0.05, 0) is 44.2 Å². The number of ketones is 1. The minimum Gasteiger partial charge on any atom is -0.493 e. The van der Waals surface area contributed by atoms with E-state index in [2.05, 4.69) is 4.98 Å². The van der Waals surface area contributed by atoms with Gasteiger partial charge in [-0.3, -0.25) is 4.79 Å². The maximum absolute atomic E-state index is 11.9. The van der Waals surface area contributed by atoms with E-state index in [9.17, 15) is 9.59 Å². The average molecular weight is 315 g/mol. The molecule has 0 atom stereocenters. The zero-order valence-corrected chi connectivity index (χ0v) is 13.2. The normalized spacial score (nSPS) is 10.0. The molecule has 0 bridgehead atoms. The summed E-state index contributed by atoms with van der Waals surface area (Å²) < 4.78 is 15.9.